The van der Waals surface area contributed by atoms with Crippen LogP contribution in [-0.4, -0.2) is 43.6 Å². The summed E-state index contributed by atoms with van der Waals surface area (Å²) in [6.45, 7) is 1.92. The van der Waals surface area contributed by atoms with Crippen LogP contribution in [0.3, 0.4) is 0 Å². The number of nitrogens with zero attached hydrogens (tertiary/aromatic N) is 1. The molecule has 1 N–H and O–H groups in total. The Bertz CT molecular complexity index is 461. The van der Waals surface area contributed by atoms with Crippen molar-refractivity contribution in [3.63, 3.8) is 0 Å². The lowest BCUT2D eigenvalue weighted by molar-refractivity contribution is -0.127. The van der Waals surface area contributed by atoms with Gasteiger partial charge in [-0.3, -0.25) is 4.79 Å². The second-order valence-electron chi connectivity index (χ2n) is 5.02. The lowest BCUT2D eigenvalue weighted by atomic mass is 10.1. The molecule has 0 aliphatic carbocycles. The number of carbonyl (C=O) groups excluding carboxylic acids is 2. The van der Waals surface area contributed by atoms with E-state index < -0.39 is 6.09 Å². The van der Waals surface area contributed by atoms with E-state index in [2.05, 4.69) is 22.2 Å². The molecule has 1 aromatic carbocycles. The maximum Gasteiger partial charge on any atom is 0.406 e. The number of carbonyl (C=O) groups is 2. The summed E-state index contributed by atoms with van der Waals surface area (Å²) < 4.78 is 4.52. The van der Waals surface area contributed by atoms with Gasteiger partial charge < -0.3 is 15.0 Å². The molecular formula is C15H20N2O3. The quantitative estimate of drug-likeness (QED) is 0.885. The Hall–Kier alpha value is -2.04. The van der Waals surface area contributed by atoms with Crippen LogP contribution < -0.4 is 5.32 Å². The monoisotopic (exact) mass is 276 g/mol. The molecule has 1 saturated heterocycles. The molecule has 0 spiro atoms. The van der Waals surface area contributed by atoms with Crippen molar-refractivity contribution in [2.45, 2.75) is 12.8 Å². The zero-order valence-corrected chi connectivity index (χ0v) is 11.7. The molecule has 108 valence electrons. The third kappa shape index (κ3) is 3.98. The molecule has 1 atom stereocenters. The number of benzene rings is 1. The van der Waals surface area contributed by atoms with E-state index in [9.17, 15) is 9.59 Å². The van der Waals surface area contributed by atoms with E-state index in [0.29, 0.717) is 19.5 Å². The molecule has 0 radical (unpaired) electrons. The fourth-order valence-electron chi connectivity index (χ4n) is 2.42. The maximum atomic E-state index is 11.9. The molecule has 5 nitrogen and oxygen atoms in total. The first-order valence-corrected chi connectivity index (χ1v) is 6.82. The number of hydrogen-bond donors (Lipinski definition) is 1. The second kappa shape index (κ2) is 6.93. The number of ether oxygens (including phenoxy) is 1. The van der Waals surface area contributed by atoms with Crippen LogP contribution in [0.1, 0.15) is 12.0 Å². The van der Waals surface area contributed by atoms with Crippen molar-refractivity contribution >= 4 is 12.0 Å². The number of amides is 2. The topological polar surface area (TPSA) is 58.6 Å². The van der Waals surface area contributed by atoms with E-state index in [1.807, 2.05) is 23.1 Å². The summed E-state index contributed by atoms with van der Waals surface area (Å²) >= 11 is 0. The number of alkyl carbamates (subject to hydrolysis) is 1. The minimum Gasteiger partial charge on any atom is -0.453 e. The van der Waals surface area contributed by atoms with Crippen LogP contribution in [0, 0.1) is 5.92 Å². The van der Waals surface area contributed by atoms with Gasteiger partial charge in [0.2, 0.25) is 5.91 Å². The van der Waals surface area contributed by atoms with Crippen molar-refractivity contribution in [3.05, 3.63) is 35.9 Å². The van der Waals surface area contributed by atoms with Crippen LogP contribution in [0.5, 0.6) is 0 Å². The van der Waals surface area contributed by atoms with Gasteiger partial charge in [0.05, 0.1) is 7.11 Å². The largest absolute Gasteiger partial charge is 0.453 e. The average molecular weight is 276 g/mol. The normalized spacial score (nSPS) is 18.1. The van der Waals surface area contributed by atoms with Gasteiger partial charge in [-0.15, -0.1) is 0 Å². The lowest BCUT2D eigenvalue weighted by Crippen LogP contribution is -2.31. The molecule has 1 unspecified atom stereocenters. The SMILES string of the molecule is COC(=O)NCC1CC(=O)N(CCc2ccccc2)C1. The van der Waals surface area contributed by atoms with Crippen molar-refractivity contribution < 1.29 is 14.3 Å². The summed E-state index contributed by atoms with van der Waals surface area (Å²) in [4.78, 5) is 24.8. The van der Waals surface area contributed by atoms with Gasteiger partial charge in [-0.25, -0.2) is 4.79 Å². The molecule has 1 heterocycles. The predicted octanol–water partition coefficient (Wildman–Crippen LogP) is 1.43. The summed E-state index contributed by atoms with van der Waals surface area (Å²) in [5, 5.41) is 2.65. The van der Waals surface area contributed by atoms with Crippen molar-refractivity contribution in [2.75, 3.05) is 26.7 Å². The molecule has 1 aliphatic heterocycles. The molecule has 1 aromatic rings. The van der Waals surface area contributed by atoms with Crippen LogP contribution in [0.15, 0.2) is 30.3 Å². The smallest absolute Gasteiger partial charge is 0.406 e. The Balaban J connectivity index is 1.76. The number of nitrogens with one attached hydrogen (secondary N) is 1. The van der Waals surface area contributed by atoms with Crippen molar-refractivity contribution in [2.24, 2.45) is 5.92 Å². The van der Waals surface area contributed by atoms with Crippen LogP contribution in [0.2, 0.25) is 0 Å². The molecule has 2 rings (SSSR count). The summed E-state index contributed by atoms with van der Waals surface area (Å²) in [5.74, 6) is 0.343. The first kappa shape index (κ1) is 14.4. The maximum absolute atomic E-state index is 11.9. The number of rotatable bonds is 5. The molecule has 2 amide bonds. The zero-order chi connectivity index (χ0) is 14.4. The van der Waals surface area contributed by atoms with E-state index in [-0.39, 0.29) is 11.8 Å². The van der Waals surface area contributed by atoms with Gasteiger partial charge in [-0.1, -0.05) is 30.3 Å². The number of hydrogen-bond acceptors (Lipinski definition) is 3. The van der Waals surface area contributed by atoms with Crippen LogP contribution >= 0.6 is 0 Å². The summed E-state index contributed by atoms with van der Waals surface area (Å²) in [5.41, 5.74) is 1.23. The van der Waals surface area contributed by atoms with Gasteiger partial charge in [0, 0.05) is 32.0 Å². The Labute approximate surface area is 118 Å². The third-order valence-electron chi connectivity index (χ3n) is 3.53. The first-order valence-electron chi connectivity index (χ1n) is 6.82. The second-order valence-corrected chi connectivity index (χ2v) is 5.02. The minimum atomic E-state index is -0.444. The summed E-state index contributed by atoms with van der Waals surface area (Å²) in [6.07, 6.45) is 0.919. The van der Waals surface area contributed by atoms with Crippen molar-refractivity contribution in [1.82, 2.24) is 10.2 Å². The van der Waals surface area contributed by atoms with E-state index in [4.69, 9.17) is 0 Å². The molecule has 20 heavy (non-hydrogen) atoms. The van der Waals surface area contributed by atoms with Gasteiger partial charge in [0.1, 0.15) is 0 Å². The Kier molecular flexibility index (Phi) is 4.98. The number of likely N-dealkylation sites (tertiary alicyclic amines) is 1. The molecule has 5 heteroatoms. The Morgan fingerprint density at radius 3 is 2.85 bits per heavy atom. The standard InChI is InChI=1S/C15H20N2O3/c1-20-15(19)16-10-13-9-14(18)17(11-13)8-7-12-5-3-2-4-6-12/h2-6,13H,7-11H2,1H3,(H,16,19). The summed E-state index contributed by atoms with van der Waals surface area (Å²) in [7, 11) is 1.33. The molecule has 1 fully saturated rings. The molecule has 0 bridgehead atoms. The van der Waals surface area contributed by atoms with Crippen molar-refractivity contribution in [1.29, 1.82) is 0 Å². The van der Waals surface area contributed by atoms with Gasteiger partial charge in [-0.2, -0.15) is 0 Å². The van der Waals surface area contributed by atoms with Gasteiger partial charge in [0.15, 0.2) is 0 Å². The first-order chi connectivity index (χ1) is 9.69. The van der Waals surface area contributed by atoms with E-state index in [1.54, 1.807) is 0 Å². The van der Waals surface area contributed by atoms with Gasteiger partial charge >= 0.3 is 6.09 Å². The highest BCUT2D eigenvalue weighted by Gasteiger charge is 2.29. The van der Waals surface area contributed by atoms with Crippen molar-refractivity contribution in [3.8, 4) is 0 Å². The average Bonchev–Trinajstić information content (AvgIpc) is 2.84. The van der Waals surface area contributed by atoms with Crippen LogP contribution in [-0.2, 0) is 16.0 Å². The predicted molar refractivity (Wildman–Crippen MR) is 75.2 cm³/mol. The highest BCUT2D eigenvalue weighted by atomic mass is 16.5. The minimum absolute atomic E-state index is 0.164. The summed E-state index contributed by atoms with van der Waals surface area (Å²) in [6, 6.07) is 10.1. The molecular weight excluding hydrogens is 256 g/mol. The Morgan fingerprint density at radius 2 is 2.15 bits per heavy atom. The highest BCUT2D eigenvalue weighted by molar-refractivity contribution is 5.78. The molecule has 1 aliphatic rings. The van der Waals surface area contributed by atoms with Crippen LogP contribution in [0.4, 0.5) is 4.79 Å². The Morgan fingerprint density at radius 1 is 1.40 bits per heavy atom. The number of methoxy groups -OCH3 is 1. The van der Waals surface area contributed by atoms with Gasteiger partial charge in [0.25, 0.3) is 0 Å². The van der Waals surface area contributed by atoms with E-state index in [1.165, 1.54) is 12.7 Å². The zero-order valence-electron chi connectivity index (χ0n) is 11.7. The molecule has 0 saturated carbocycles. The third-order valence-corrected chi connectivity index (χ3v) is 3.53. The van der Waals surface area contributed by atoms with Gasteiger partial charge in [-0.05, 0) is 12.0 Å². The fraction of sp³-hybridized carbons (Fsp3) is 0.467. The van der Waals surface area contributed by atoms with Crippen LogP contribution in [0.25, 0.3) is 0 Å². The lowest BCUT2D eigenvalue weighted by Gasteiger charge is -2.16. The highest BCUT2D eigenvalue weighted by Crippen LogP contribution is 2.17. The molecule has 0 aromatic heterocycles. The fourth-order valence-corrected chi connectivity index (χ4v) is 2.42. The van der Waals surface area contributed by atoms with E-state index >= 15 is 0 Å². The van der Waals surface area contributed by atoms with E-state index in [0.717, 1.165) is 13.0 Å².